The summed E-state index contributed by atoms with van der Waals surface area (Å²) in [4.78, 5) is 32.6. The summed E-state index contributed by atoms with van der Waals surface area (Å²) in [5.41, 5.74) is 2.47. The van der Waals surface area contributed by atoms with E-state index in [0.29, 0.717) is 37.6 Å². The number of anilines is 1. The normalized spacial score (nSPS) is 15.0. The molecule has 1 amide bonds. The number of allylic oxidation sites excluding steroid dienone is 1. The van der Waals surface area contributed by atoms with Gasteiger partial charge in [-0.2, -0.15) is 0 Å². The lowest BCUT2D eigenvalue weighted by atomic mass is 9.95. The van der Waals surface area contributed by atoms with E-state index in [1.165, 1.54) is 23.0 Å². The third kappa shape index (κ3) is 5.06. The van der Waals surface area contributed by atoms with Gasteiger partial charge in [-0.05, 0) is 60.5 Å². The van der Waals surface area contributed by atoms with Gasteiger partial charge in [0.25, 0.3) is 11.5 Å². The number of aromatic nitrogens is 1. The van der Waals surface area contributed by atoms with Crippen LogP contribution in [0.2, 0.25) is 5.02 Å². The van der Waals surface area contributed by atoms with Crippen molar-refractivity contribution in [3.05, 3.63) is 114 Å². The summed E-state index contributed by atoms with van der Waals surface area (Å²) >= 11 is 7.36. The van der Waals surface area contributed by atoms with Gasteiger partial charge in [-0.1, -0.05) is 53.3 Å². The van der Waals surface area contributed by atoms with Crippen LogP contribution in [0.25, 0.3) is 6.08 Å². The zero-order valence-electron chi connectivity index (χ0n) is 21.3. The minimum atomic E-state index is -0.726. The first-order valence-electron chi connectivity index (χ1n) is 11.9. The lowest BCUT2D eigenvalue weighted by Crippen LogP contribution is -2.40. The molecule has 0 spiro atoms. The third-order valence-electron chi connectivity index (χ3n) is 6.30. The molecule has 0 bridgehead atoms. The highest BCUT2D eigenvalue weighted by molar-refractivity contribution is 7.07. The molecule has 0 saturated carbocycles. The van der Waals surface area contributed by atoms with Crippen LogP contribution in [0.5, 0.6) is 17.2 Å². The number of benzene rings is 3. The van der Waals surface area contributed by atoms with Crippen LogP contribution < -0.4 is 29.7 Å². The predicted octanol–water partition coefficient (Wildman–Crippen LogP) is 4.25. The topological polar surface area (TPSA) is 102 Å². The number of methoxy groups -OCH3 is 2. The van der Waals surface area contributed by atoms with Crippen LogP contribution in [0.3, 0.4) is 0 Å². The molecule has 2 heterocycles. The van der Waals surface area contributed by atoms with Gasteiger partial charge < -0.3 is 19.9 Å². The Morgan fingerprint density at radius 3 is 2.49 bits per heavy atom. The summed E-state index contributed by atoms with van der Waals surface area (Å²) in [6.07, 6.45) is 1.66. The Labute approximate surface area is 232 Å². The maximum absolute atomic E-state index is 13.9. The van der Waals surface area contributed by atoms with Gasteiger partial charge in [-0.25, -0.2) is 4.99 Å². The Bertz CT molecular complexity index is 1780. The number of hydrogen-bond acceptors (Lipinski definition) is 7. The van der Waals surface area contributed by atoms with Crippen molar-refractivity contribution in [2.45, 2.75) is 13.0 Å². The SMILES string of the molecule is COc1ccc([C@@H]2C(C(=O)Nc3ccccc3)=C(C)N=c3s/c(=C/c4cc(Cl)c(O)c(OC)c4)c(=O)n32)cc1. The lowest BCUT2D eigenvalue weighted by Gasteiger charge is -2.25. The molecule has 5 rings (SSSR count). The standard InChI is InChI=1S/C29H24ClN3O5S/c1-16-24(27(35)32-19-7-5-4-6-8-19)25(18-9-11-20(37-2)12-10-18)33-28(36)23(39-29(33)31-16)15-17-13-21(30)26(34)22(14-17)38-3/h4-15,25,34H,1-3H3,(H,32,35)/b23-15+/t25-/m1/s1. The summed E-state index contributed by atoms with van der Waals surface area (Å²) in [7, 11) is 2.99. The Morgan fingerprint density at radius 2 is 1.82 bits per heavy atom. The van der Waals surface area contributed by atoms with Crippen LogP contribution in [0.15, 0.2) is 87.8 Å². The van der Waals surface area contributed by atoms with E-state index in [4.69, 9.17) is 21.1 Å². The molecular weight excluding hydrogens is 538 g/mol. The van der Waals surface area contributed by atoms with E-state index < -0.39 is 6.04 Å². The number of fused-ring (bicyclic) bond motifs is 1. The molecule has 0 unspecified atom stereocenters. The maximum atomic E-state index is 13.9. The first kappa shape index (κ1) is 26.3. The molecule has 0 saturated heterocycles. The molecule has 198 valence electrons. The van der Waals surface area contributed by atoms with E-state index in [1.807, 2.05) is 30.3 Å². The number of aromatic hydroxyl groups is 1. The quantitative estimate of drug-likeness (QED) is 0.366. The molecule has 8 nitrogen and oxygen atoms in total. The van der Waals surface area contributed by atoms with E-state index in [-0.39, 0.29) is 28.0 Å². The number of nitrogens with zero attached hydrogens (tertiary/aromatic N) is 2. The number of para-hydroxylation sites is 1. The van der Waals surface area contributed by atoms with Gasteiger partial charge in [0.15, 0.2) is 16.3 Å². The molecular formula is C29H24ClN3O5S. The zero-order chi connectivity index (χ0) is 27.7. The average molecular weight is 562 g/mol. The van der Waals surface area contributed by atoms with Gasteiger partial charge in [-0.15, -0.1) is 0 Å². The molecule has 0 fully saturated rings. The van der Waals surface area contributed by atoms with Gasteiger partial charge in [0.1, 0.15) is 5.75 Å². The Kier molecular flexibility index (Phi) is 7.28. The van der Waals surface area contributed by atoms with Gasteiger partial charge >= 0.3 is 0 Å². The predicted molar refractivity (Wildman–Crippen MR) is 152 cm³/mol. The molecule has 3 aromatic carbocycles. The van der Waals surface area contributed by atoms with Gasteiger partial charge in [0, 0.05) is 5.69 Å². The van der Waals surface area contributed by atoms with Crippen LogP contribution >= 0.6 is 22.9 Å². The van der Waals surface area contributed by atoms with E-state index >= 15 is 0 Å². The molecule has 1 aliphatic heterocycles. The largest absolute Gasteiger partial charge is 0.503 e. The highest BCUT2D eigenvalue weighted by Crippen LogP contribution is 2.35. The molecule has 1 aromatic heterocycles. The summed E-state index contributed by atoms with van der Waals surface area (Å²) in [6.45, 7) is 1.76. The Morgan fingerprint density at radius 1 is 1.10 bits per heavy atom. The van der Waals surface area contributed by atoms with Gasteiger partial charge in [0.05, 0.1) is 41.1 Å². The van der Waals surface area contributed by atoms with Crippen molar-refractivity contribution in [2.75, 3.05) is 19.5 Å². The number of ether oxygens (including phenoxy) is 2. The first-order chi connectivity index (χ1) is 18.8. The minimum absolute atomic E-state index is 0.0974. The van der Waals surface area contributed by atoms with E-state index in [0.717, 1.165) is 5.56 Å². The number of amides is 1. The summed E-state index contributed by atoms with van der Waals surface area (Å²) < 4.78 is 12.4. The molecule has 1 atom stereocenters. The van der Waals surface area contributed by atoms with E-state index in [2.05, 4.69) is 10.3 Å². The van der Waals surface area contributed by atoms with Crippen molar-refractivity contribution in [3.8, 4) is 17.2 Å². The van der Waals surface area contributed by atoms with Gasteiger partial charge in [0.2, 0.25) is 0 Å². The number of halogens is 1. The van der Waals surface area contributed by atoms with Crippen molar-refractivity contribution in [2.24, 2.45) is 4.99 Å². The third-order valence-corrected chi connectivity index (χ3v) is 7.57. The van der Waals surface area contributed by atoms with Crippen molar-refractivity contribution in [3.63, 3.8) is 0 Å². The van der Waals surface area contributed by atoms with Gasteiger partial charge in [-0.3, -0.25) is 14.2 Å². The van der Waals surface area contributed by atoms with E-state index in [9.17, 15) is 14.7 Å². The molecule has 0 aliphatic carbocycles. The Balaban J connectivity index is 1.68. The summed E-state index contributed by atoms with van der Waals surface area (Å²) in [6, 6.07) is 18.8. The van der Waals surface area contributed by atoms with Crippen molar-refractivity contribution < 1.29 is 19.4 Å². The van der Waals surface area contributed by atoms with Crippen LogP contribution in [0, 0.1) is 0 Å². The number of carbonyl (C=O) groups is 1. The van der Waals surface area contributed by atoms with Crippen LogP contribution in [0.1, 0.15) is 24.1 Å². The fraction of sp³-hybridized carbons (Fsp3) is 0.138. The lowest BCUT2D eigenvalue weighted by molar-refractivity contribution is -0.113. The number of carbonyl (C=O) groups excluding carboxylic acids is 1. The minimum Gasteiger partial charge on any atom is -0.503 e. The molecule has 2 N–H and O–H groups in total. The Hall–Kier alpha value is -4.34. The maximum Gasteiger partial charge on any atom is 0.271 e. The number of phenolic OH excluding ortho intramolecular Hbond substituents is 1. The number of rotatable bonds is 6. The van der Waals surface area contributed by atoms with Crippen LogP contribution in [-0.4, -0.2) is 29.8 Å². The van der Waals surface area contributed by atoms with Crippen LogP contribution in [0.4, 0.5) is 5.69 Å². The summed E-state index contributed by atoms with van der Waals surface area (Å²) in [5, 5.41) is 13.1. The number of thiazole rings is 1. The van der Waals surface area contributed by atoms with E-state index in [1.54, 1.807) is 56.5 Å². The fourth-order valence-corrected chi connectivity index (χ4v) is 5.68. The second-order valence-corrected chi connectivity index (χ2v) is 10.1. The molecule has 0 radical (unpaired) electrons. The molecule has 39 heavy (non-hydrogen) atoms. The zero-order valence-corrected chi connectivity index (χ0v) is 22.8. The van der Waals surface area contributed by atoms with Crippen molar-refractivity contribution in [1.82, 2.24) is 4.57 Å². The number of nitrogens with one attached hydrogen (secondary N) is 1. The second-order valence-electron chi connectivity index (χ2n) is 8.73. The number of phenols is 1. The van der Waals surface area contributed by atoms with Crippen molar-refractivity contribution in [1.29, 1.82) is 0 Å². The second kappa shape index (κ2) is 10.8. The smallest absolute Gasteiger partial charge is 0.271 e. The molecule has 4 aromatic rings. The highest BCUT2D eigenvalue weighted by Gasteiger charge is 2.32. The molecule has 10 heteroatoms. The van der Waals surface area contributed by atoms with Crippen LogP contribution in [-0.2, 0) is 4.79 Å². The van der Waals surface area contributed by atoms with Crippen molar-refractivity contribution >= 4 is 40.6 Å². The number of hydrogen-bond donors (Lipinski definition) is 2. The summed E-state index contributed by atoms with van der Waals surface area (Å²) in [5.74, 6) is 0.309. The first-order valence-corrected chi connectivity index (χ1v) is 13.1. The highest BCUT2D eigenvalue weighted by atomic mass is 35.5. The average Bonchev–Trinajstić information content (AvgIpc) is 3.24. The monoisotopic (exact) mass is 561 g/mol. The molecule has 1 aliphatic rings. The fourth-order valence-electron chi connectivity index (χ4n) is 4.42.